The molecule has 2 heterocycles. The molecule has 7 nitrogen and oxygen atoms in total. The van der Waals surface area contributed by atoms with Gasteiger partial charge in [0, 0.05) is 36.7 Å². The number of aryl methyl sites for hydroxylation is 1. The predicted octanol–water partition coefficient (Wildman–Crippen LogP) is 2.79. The quantitative estimate of drug-likeness (QED) is 0.714. The minimum Gasteiger partial charge on any atom is -0.325 e. The summed E-state index contributed by atoms with van der Waals surface area (Å²) in [5.41, 5.74) is 1.27. The van der Waals surface area contributed by atoms with Crippen molar-refractivity contribution in [2.75, 3.05) is 5.32 Å². The highest BCUT2D eigenvalue weighted by molar-refractivity contribution is 5.94. The van der Waals surface area contributed by atoms with Crippen LogP contribution in [0.15, 0.2) is 53.5 Å². The van der Waals surface area contributed by atoms with E-state index in [0.29, 0.717) is 18.1 Å². The minimum atomic E-state index is -0.173. The maximum absolute atomic E-state index is 12.3. The topological polar surface area (TPSA) is 92.7 Å². The Morgan fingerprint density at radius 2 is 1.96 bits per heavy atom. The average Bonchev–Trinajstić information content (AvgIpc) is 3.12. The summed E-state index contributed by atoms with van der Waals surface area (Å²) < 4.78 is 1.51. The van der Waals surface area contributed by atoms with Crippen LogP contribution in [0.4, 0.5) is 5.69 Å². The summed E-state index contributed by atoms with van der Waals surface area (Å²) in [5, 5.41) is 10.1. The van der Waals surface area contributed by atoms with Crippen LogP contribution in [0.2, 0.25) is 0 Å². The van der Waals surface area contributed by atoms with Crippen LogP contribution in [0.5, 0.6) is 0 Å². The molecule has 0 aliphatic carbocycles. The van der Waals surface area contributed by atoms with E-state index in [1.165, 1.54) is 10.6 Å². The summed E-state index contributed by atoms with van der Waals surface area (Å²) in [6, 6.07) is 12.3. The summed E-state index contributed by atoms with van der Waals surface area (Å²) in [5.74, 6) is 1.41. The first-order chi connectivity index (χ1) is 12.5. The fraction of sp³-hybridized carbons (Fsp3) is 0.263. The van der Waals surface area contributed by atoms with Gasteiger partial charge in [0.15, 0.2) is 5.82 Å². The molecule has 2 N–H and O–H groups in total. The van der Waals surface area contributed by atoms with Gasteiger partial charge in [0.1, 0.15) is 5.82 Å². The number of carbonyl (C=O) groups is 1. The monoisotopic (exact) mass is 351 g/mol. The van der Waals surface area contributed by atoms with E-state index in [1.54, 1.807) is 18.3 Å². The summed E-state index contributed by atoms with van der Waals surface area (Å²) in [7, 11) is 0. The van der Waals surface area contributed by atoms with Gasteiger partial charge in [0.2, 0.25) is 5.91 Å². The number of aromatic amines is 1. The highest BCUT2D eigenvalue weighted by Gasteiger charge is 2.13. The first kappa shape index (κ1) is 17.6. The van der Waals surface area contributed by atoms with Crippen molar-refractivity contribution >= 4 is 11.6 Å². The Morgan fingerprint density at radius 3 is 2.69 bits per heavy atom. The molecule has 0 spiro atoms. The molecule has 0 unspecified atom stereocenters. The maximum Gasteiger partial charge on any atom is 0.250 e. The van der Waals surface area contributed by atoms with Gasteiger partial charge in [-0.3, -0.25) is 14.7 Å². The lowest BCUT2D eigenvalue weighted by Crippen LogP contribution is -2.21. The zero-order valence-electron chi connectivity index (χ0n) is 14.8. The van der Waals surface area contributed by atoms with Crippen molar-refractivity contribution in [2.24, 2.45) is 0 Å². The zero-order chi connectivity index (χ0) is 18.5. The second kappa shape index (κ2) is 7.77. The molecule has 0 bridgehead atoms. The molecule has 0 aliphatic rings. The van der Waals surface area contributed by atoms with Gasteiger partial charge in [-0.2, -0.15) is 5.10 Å². The van der Waals surface area contributed by atoms with Gasteiger partial charge in [0.05, 0.1) is 5.69 Å². The van der Waals surface area contributed by atoms with E-state index in [2.05, 4.69) is 20.5 Å². The second-order valence-corrected chi connectivity index (χ2v) is 6.27. The number of anilines is 1. The lowest BCUT2D eigenvalue weighted by atomic mass is 10.1. The normalized spacial score (nSPS) is 10.9. The maximum atomic E-state index is 12.3. The van der Waals surface area contributed by atoms with E-state index in [0.717, 1.165) is 11.4 Å². The number of rotatable bonds is 6. The average molecular weight is 351 g/mol. The third-order valence-electron chi connectivity index (χ3n) is 3.97. The molecule has 2 aromatic heterocycles. The van der Waals surface area contributed by atoms with Gasteiger partial charge in [-0.05, 0) is 18.2 Å². The molecule has 0 atom stereocenters. The summed E-state index contributed by atoms with van der Waals surface area (Å²) >= 11 is 0. The Kier molecular flexibility index (Phi) is 5.26. The number of nitrogens with one attached hydrogen (secondary N) is 2. The van der Waals surface area contributed by atoms with Crippen molar-refractivity contribution in [3.8, 4) is 11.4 Å². The van der Waals surface area contributed by atoms with E-state index in [1.807, 2.05) is 38.1 Å². The van der Waals surface area contributed by atoms with Crippen molar-refractivity contribution in [2.45, 2.75) is 32.7 Å². The Bertz CT molecular complexity index is 958. The number of amides is 1. The van der Waals surface area contributed by atoms with Crippen LogP contribution >= 0.6 is 0 Å². The van der Waals surface area contributed by atoms with Crippen LogP contribution in [-0.4, -0.2) is 25.7 Å². The predicted molar refractivity (Wildman–Crippen MR) is 99.9 cm³/mol. The molecule has 134 valence electrons. The second-order valence-electron chi connectivity index (χ2n) is 6.27. The largest absolute Gasteiger partial charge is 0.325 e. The Labute approximate surface area is 151 Å². The molecule has 1 aromatic carbocycles. The molecule has 0 radical (unpaired) electrons. The lowest BCUT2D eigenvalue weighted by Gasteiger charge is -2.09. The fourth-order valence-electron chi connectivity index (χ4n) is 2.52. The highest BCUT2D eigenvalue weighted by Crippen LogP contribution is 2.26. The van der Waals surface area contributed by atoms with E-state index >= 15 is 0 Å². The number of para-hydroxylation sites is 1. The van der Waals surface area contributed by atoms with Crippen molar-refractivity contribution in [3.05, 3.63) is 64.8 Å². The summed E-state index contributed by atoms with van der Waals surface area (Å²) in [6.45, 7) is 4.39. The van der Waals surface area contributed by atoms with Crippen molar-refractivity contribution in [3.63, 3.8) is 0 Å². The Morgan fingerprint density at radius 1 is 1.19 bits per heavy atom. The molecule has 26 heavy (non-hydrogen) atoms. The van der Waals surface area contributed by atoms with Crippen LogP contribution < -0.4 is 10.9 Å². The van der Waals surface area contributed by atoms with E-state index in [4.69, 9.17) is 0 Å². The van der Waals surface area contributed by atoms with Gasteiger partial charge in [0.25, 0.3) is 5.56 Å². The fourth-order valence-corrected chi connectivity index (χ4v) is 2.52. The number of aromatic nitrogens is 4. The number of hydrogen-bond acceptors (Lipinski definition) is 4. The van der Waals surface area contributed by atoms with Crippen LogP contribution in [0.3, 0.4) is 0 Å². The first-order valence-electron chi connectivity index (χ1n) is 8.51. The highest BCUT2D eigenvalue weighted by atomic mass is 16.1. The minimum absolute atomic E-state index is 0.123. The molecular formula is C19H21N5O2. The third kappa shape index (κ3) is 4.05. The molecule has 3 rings (SSSR count). The third-order valence-corrected chi connectivity index (χ3v) is 3.97. The number of nitrogens with zero attached hydrogens (tertiary/aromatic N) is 3. The van der Waals surface area contributed by atoms with Gasteiger partial charge < -0.3 is 9.88 Å². The Hall–Kier alpha value is -3.22. The van der Waals surface area contributed by atoms with Crippen molar-refractivity contribution in [1.29, 1.82) is 0 Å². The van der Waals surface area contributed by atoms with Crippen LogP contribution in [0.1, 0.15) is 32.0 Å². The van der Waals surface area contributed by atoms with E-state index in [-0.39, 0.29) is 23.8 Å². The Balaban J connectivity index is 1.72. The van der Waals surface area contributed by atoms with E-state index in [9.17, 15) is 9.59 Å². The molecular weight excluding hydrogens is 330 g/mol. The number of H-pyrrole nitrogens is 1. The smallest absolute Gasteiger partial charge is 0.250 e. The number of carbonyl (C=O) groups excluding carboxylic acids is 1. The number of hydrogen-bond donors (Lipinski definition) is 2. The molecule has 3 aromatic rings. The van der Waals surface area contributed by atoms with Gasteiger partial charge in [-0.15, -0.1) is 0 Å². The van der Waals surface area contributed by atoms with Crippen LogP contribution in [0, 0.1) is 0 Å². The molecule has 7 heteroatoms. The summed E-state index contributed by atoms with van der Waals surface area (Å²) in [4.78, 5) is 28.5. The van der Waals surface area contributed by atoms with E-state index < -0.39 is 0 Å². The van der Waals surface area contributed by atoms with Crippen LogP contribution in [-0.2, 0) is 11.3 Å². The van der Waals surface area contributed by atoms with Crippen LogP contribution in [0.25, 0.3) is 11.4 Å². The van der Waals surface area contributed by atoms with Crippen molar-refractivity contribution in [1.82, 2.24) is 19.7 Å². The number of benzene rings is 1. The van der Waals surface area contributed by atoms with Gasteiger partial charge >= 0.3 is 0 Å². The lowest BCUT2D eigenvalue weighted by molar-refractivity contribution is -0.116. The molecule has 1 amide bonds. The zero-order valence-corrected chi connectivity index (χ0v) is 14.8. The number of pyridine rings is 1. The molecule has 0 saturated carbocycles. The van der Waals surface area contributed by atoms with Gasteiger partial charge in [-0.1, -0.05) is 32.0 Å². The van der Waals surface area contributed by atoms with Crippen molar-refractivity contribution < 1.29 is 4.79 Å². The standard InChI is InChI=1S/C19H21N5O2/c1-13(2)18-21-19(23-22-18)14-7-3-4-8-15(14)20-16(25)10-12-24-11-6-5-9-17(24)26/h3-9,11,13H,10,12H2,1-2H3,(H,20,25)(H,21,22,23). The first-order valence-corrected chi connectivity index (χ1v) is 8.51. The van der Waals surface area contributed by atoms with Gasteiger partial charge in [-0.25, -0.2) is 4.98 Å². The molecule has 0 saturated heterocycles. The molecule has 0 aliphatic heterocycles. The SMILES string of the molecule is CC(C)c1nc(-c2ccccc2NC(=O)CCn2ccccc2=O)n[nH]1. The summed E-state index contributed by atoms with van der Waals surface area (Å²) in [6.07, 6.45) is 1.87. The molecule has 0 fully saturated rings.